The van der Waals surface area contributed by atoms with E-state index in [0.717, 1.165) is 36.5 Å². The van der Waals surface area contributed by atoms with Gasteiger partial charge in [-0.15, -0.1) is 36.6 Å². The van der Waals surface area contributed by atoms with E-state index in [1.807, 2.05) is 13.8 Å². The minimum absolute atomic E-state index is 0.436. The lowest BCUT2D eigenvalue weighted by Gasteiger charge is -2.17. The molecular weight excluding hydrogens is 734 g/mol. The van der Waals surface area contributed by atoms with Crippen LogP contribution in [0.3, 0.4) is 0 Å². The molecule has 2 aromatic heterocycles. The van der Waals surface area contributed by atoms with Crippen molar-refractivity contribution in [3.63, 3.8) is 0 Å². The summed E-state index contributed by atoms with van der Waals surface area (Å²) >= 11 is -5.62. The average Bonchev–Trinajstić information content (AvgIpc) is 3.42. The third-order valence-corrected chi connectivity index (χ3v) is 9.69. The second-order valence-corrected chi connectivity index (χ2v) is 15.2. The van der Waals surface area contributed by atoms with E-state index in [4.69, 9.17) is 35.4 Å². The third-order valence-electron chi connectivity index (χ3n) is 5.45. The highest BCUT2D eigenvalue weighted by atomic mass is 80.0. The Hall–Kier alpha value is -1.61. The molecule has 248 valence electrons. The summed E-state index contributed by atoms with van der Waals surface area (Å²) in [5, 5.41) is 1.47. The Morgan fingerprint density at radius 2 is 0.886 bits per heavy atom. The van der Waals surface area contributed by atoms with Crippen molar-refractivity contribution in [2.75, 3.05) is 0 Å². The Kier molecular flexibility index (Phi) is 15.9. The molecule has 0 bridgehead atoms. The Morgan fingerprint density at radius 3 is 1.14 bits per heavy atom. The molecule has 2 unspecified atom stereocenters. The second kappa shape index (κ2) is 17.3. The molecule has 0 amide bonds. The fraction of sp³-hybridized carbons (Fsp3) is 0.385. The number of rotatable bonds is 6. The van der Waals surface area contributed by atoms with Gasteiger partial charge >= 0.3 is 11.0 Å². The summed E-state index contributed by atoms with van der Waals surface area (Å²) in [7, 11) is -8.34. The summed E-state index contributed by atoms with van der Waals surface area (Å²) in [4.78, 5) is 1.08. The van der Waals surface area contributed by atoms with Crippen LogP contribution in [-0.4, -0.2) is 0 Å². The molecule has 4 aromatic rings. The standard InChI is InChI=1S/2C13H14F3S.BrO4.ClHO4/c2*1-2-3-7-11-9-10-6-4-5-8-12(10)17(11)13(14,15)16;2*2-1(3,4)5/h2*4-6,8-9H,2-3,7H2,1H3;;(H,2,3,4,5)/q2*+1;-1;/p-1. The van der Waals surface area contributed by atoms with E-state index in [1.54, 1.807) is 60.7 Å². The Balaban J connectivity index is 0.000000338. The van der Waals surface area contributed by atoms with E-state index in [2.05, 4.69) is 0 Å². The van der Waals surface area contributed by atoms with Crippen LogP contribution in [0.15, 0.2) is 60.7 Å². The molecular formula is C26H28BrClF6O8S2. The highest BCUT2D eigenvalue weighted by molar-refractivity contribution is 7.38. The number of aryl methyl sites for hydroxylation is 2. The van der Waals surface area contributed by atoms with Gasteiger partial charge in [0, 0.05) is 35.7 Å². The van der Waals surface area contributed by atoms with Crippen molar-refractivity contribution in [1.29, 1.82) is 0 Å². The normalized spacial score (nSPS) is 13.0. The minimum atomic E-state index is -5.62. The molecule has 2 aromatic carbocycles. The topological polar surface area (TPSA) is 184 Å². The van der Waals surface area contributed by atoms with E-state index in [0.29, 0.717) is 32.0 Å². The van der Waals surface area contributed by atoms with Crippen LogP contribution in [0.5, 0.6) is 0 Å². The third kappa shape index (κ3) is 15.1. The molecule has 0 saturated carbocycles. The molecule has 2 heterocycles. The van der Waals surface area contributed by atoms with Gasteiger partial charge in [-0.3, -0.25) is 16.8 Å². The van der Waals surface area contributed by atoms with Crippen molar-refractivity contribution < 1.29 is 86.1 Å². The first-order valence-electron chi connectivity index (χ1n) is 12.5. The van der Waals surface area contributed by atoms with Crippen LogP contribution < -0.4 is 35.4 Å². The lowest BCUT2D eigenvalue weighted by atomic mass is 10.2. The van der Waals surface area contributed by atoms with E-state index in [-0.39, 0.29) is 0 Å². The largest absolute Gasteiger partial charge is 0.600 e. The molecule has 8 nitrogen and oxygen atoms in total. The first-order chi connectivity index (χ1) is 20.1. The van der Waals surface area contributed by atoms with Gasteiger partial charge in [-0.2, -0.15) is 0 Å². The number of thiophene rings is 2. The maximum atomic E-state index is 13.1. The summed E-state index contributed by atoms with van der Waals surface area (Å²) in [5.41, 5.74) is -8.29. The van der Waals surface area contributed by atoms with Crippen molar-refractivity contribution in [2.45, 2.75) is 63.4 Å². The van der Waals surface area contributed by atoms with Crippen molar-refractivity contribution in [1.82, 2.24) is 0 Å². The Bertz CT molecular complexity index is 1310. The number of benzene rings is 2. The van der Waals surface area contributed by atoms with Crippen LogP contribution in [0, 0.1) is 24.3 Å². The molecule has 18 heteroatoms. The van der Waals surface area contributed by atoms with E-state index >= 15 is 0 Å². The highest BCUT2D eigenvalue weighted by Crippen LogP contribution is 2.52. The van der Waals surface area contributed by atoms with Crippen LogP contribution in [0.1, 0.15) is 49.3 Å². The number of halogens is 8. The van der Waals surface area contributed by atoms with Crippen LogP contribution in [0.25, 0.3) is 20.2 Å². The number of hydrogen-bond donors (Lipinski definition) is 0. The highest BCUT2D eigenvalue weighted by Gasteiger charge is 2.48. The van der Waals surface area contributed by atoms with Crippen LogP contribution >= 0.6 is 20.9 Å². The van der Waals surface area contributed by atoms with Gasteiger partial charge in [0.05, 0.1) is 35.0 Å². The summed E-state index contributed by atoms with van der Waals surface area (Å²) in [6, 6.07) is 17.1. The lowest BCUT2D eigenvalue weighted by Crippen LogP contribution is -2.68. The van der Waals surface area contributed by atoms with Crippen molar-refractivity contribution in [2.24, 2.45) is 0 Å². The van der Waals surface area contributed by atoms with E-state index in [9.17, 15) is 26.3 Å². The fourth-order valence-electron chi connectivity index (χ4n) is 3.92. The maximum absolute atomic E-state index is 13.1. The SMILES string of the molecule is CCCCc1cc2ccccc2[s+]1C(F)(F)F.CCCCc1cc2ccccc2[s+]1C(F)(F)F.[O-][Br+3]([O-])([O-])[O-].[O-][Cl+3]([O-])([O-])[O-]. The zero-order valence-corrected chi connectivity index (χ0v) is 27.1. The van der Waals surface area contributed by atoms with Crippen LogP contribution in [0.4, 0.5) is 26.3 Å². The van der Waals surface area contributed by atoms with Gasteiger partial charge in [0.25, 0.3) is 0 Å². The second-order valence-electron chi connectivity index (χ2n) is 8.76. The van der Waals surface area contributed by atoms with Crippen molar-refractivity contribution >= 4 is 41.1 Å². The van der Waals surface area contributed by atoms with Gasteiger partial charge in [-0.1, -0.05) is 51.0 Å². The molecule has 0 aliphatic heterocycles. The molecule has 2 atom stereocenters. The summed E-state index contributed by atoms with van der Waals surface area (Å²) in [5.74, 6) is 0. The Morgan fingerprint density at radius 1 is 0.614 bits per heavy atom. The summed E-state index contributed by atoms with van der Waals surface area (Å²) in [6.07, 6.45) is 4.58. The zero-order chi connectivity index (χ0) is 33.9. The van der Waals surface area contributed by atoms with Gasteiger partial charge in [-0.05, 0) is 37.1 Å². The average molecular weight is 762 g/mol. The number of fused-ring (bicyclic) bond motifs is 2. The first-order valence-corrected chi connectivity index (χ1v) is 18.8. The Labute approximate surface area is 260 Å². The van der Waals surface area contributed by atoms with E-state index in [1.165, 1.54) is 0 Å². The van der Waals surface area contributed by atoms with Crippen LogP contribution in [-0.2, 0) is 23.9 Å². The maximum Gasteiger partial charge on any atom is 0.600 e. The molecule has 0 saturated heterocycles. The molecule has 0 spiro atoms. The number of unbranched alkanes of at least 4 members (excludes halogenated alkanes) is 2. The molecule has 0 radical (unpaired) electrons. The smallest absolute Gasteiger partial charge is 0.264 e. The zero-order valence-electron chi connectivity index (χ0n) is 23.1. The van der Waals surface area contributed by atoms with Gasteiger partial charge in [-0.25, -0.2) is 18.6 Å². The van der Waals surface area contributed by atoms with Crippen LogP contribution in [0.2, 0.25) is 0 Å². The molecule has 0 fully saturated rings. The van der Waals surface area contributed by atoms with Gasteiger partial charge in [0.1, 0.15) is 0 Å². The molecule has 0 aliphatic carbocycles. The predicted octanol–water partition coefficient (Wildman–Crippen LogP) is 1.30. The lowest BCUT2D eigenvalue weighted by molar-refractivity contribution is -2.00. The monoisotopic (exact) mass is 760 g/mol. The predicted molar refractivity (Wildman–Crippen MR) is 133 cm³/mol. The van der Waals surface area contributed by atoms with Gasteiger partial charge < -0.3 is 0 Å². The minimum Gasteiger partial charge on any atom is -0.264 e. The molecule has 44 heavy (non-hydrogen) atoms. The molecule has 0 aliphatic rings. The summed E-state index contributed by atoms with van der Waals surface area (Å²) < 4.78 is 148. The quantitative estimate of drug-likeness (QED) is 0.208. The summed E-state index contributed by atoms with van der Waals surface area (Å²) in [6.45, 7) is 3.99. The number of alkyl halides is 6. The van der Waals surface area contributed by atoms with E-state index < -0.39 is 56.3 Å². The van der Waals surface area contributed by atoms with Gasteiger partial charge in [0.2, 0.25) is 0 Å². The first kappa shape index (κ1) is 40.4. The number of hydrogen-bond acceptors (Lipinski definition) is 8. The van der Waals surface area contributed by atoms with Gasteiger partial charge in [0.15, 0.2) is 19.2 Å². The van der Waals surface area contributed by atoms with Crippen molar-refractivity contribution in [3.8, 4) is 0 Å². The molecule has 0 N–H and O–H groups in total. The fourth-order valence-corrected chi connectivity index (χ4v) is 7.92. The molecule has 4 rings (SSSR count). The van der Waals surface area contributed by atoms with Crippen molar-refractivity contribution in [3.05, 3.63) is 70.4 Å².